The second kappa shape index (κ2) is 8.53. The van der Waals surface area contributed by atoms with Crippen LogP contribution in [-0.4, -0.2) is 55.1 Å². The minimum Gasteiger partial charge on any atom is -0.351 e. The molecule has 3 rings (SSSR count). The number of quaternary nitrogens is 1. The van der Waals surface area contributed by atoms with Crippen molar-refractivity contribution in [2.75, 3.05) is 44.2 Å². The Bertz CT molecular complexity index is 689. The lowest BCUT2D eigenvalue weighted by Crippen LogP contribution is -3.16. The summed E-state index contributed by atoms with van der Waals surface area (Å²) in [6.07, 6.45) is 3.99. The summed E-state index contributed by atoms with van der Waals surface area (Å²) < 4.78 is 13.5. The van der Waals surface area contributed by atoms with E-state index in [1.165, 1.54) is 11.0 Å². The minimum atomic E-state index is -0.221. The van der Waals surface area contributed by atoms with Crippen molar-refractivity contribution in [3.8, 4) is 0 Å². The number of piperazine rings is 1. The summed E-state index contributed by atoms with van der Waals surface area (Å²) in [5.41, 5.74) is 0.631. The largest absolute Gasteiger partial charge is 0.351 e. The highest BCUT2D eigenvalue weighted by Crippen LogP contribution is 2.06. The Morgan fingerprint density at radius 3 is 2.60 bits per heavy atom. The van der Waals surface area contributed by atoms with E-state index in [-0.39, 0.29) is 11.7 Å². The fraction of sp³-hybridized carbons (Fsp3) is 0.389. The summed E-state index contributed by atoms with van der Waals surface area (Å²) >= 11 is 0. The fourth-order valence-electron chi connectivity index (χ4n) is 2.98. The maximum atomic E-state index is 13.5. The van der Waals surface area contributed by atoms with Crippen molar-refractivity contribution in [2.24, 2.45) is 0 Å². The zero-order valence-corrected chi connectivity index (χ0v) is 14.1. The molecule has 0 bridgehead atoms. The topological polar surface area (TPSA) is 62.6 Å². The molecule has 6 nitrogen and oxygen atoms in total. The van der Waals surface area contributed by atoms with Gasteiger partial charge in [0, 0.05) is 18.9 Å². The van der Waals surface area contributed by atoms with Gasteiger partial charge in [-0.25, -0.2) is 14.4 Å². The zero-order valence-electron chi connectivity index (χ0n) is 14.1. The van der Waals surface area contributed by atoms with E-state index in [9.17, 15) is 9.18 Å². The molecule has 132 valence electrons. The predicted molar refractivity (Wildman–Crippen MR) is 92.9 cm³/mol. The maximum absolute atomic E-state index is 13.5. The third kappa shape index (κ3) is 4.96. The molecule has 1 aromatic carbocycles. The van der Waals surface area contributed by atoms with E-state index < -0.39 is 0 Å². The maximum Gasteiger partial charge on any atom is 0.275 e. The van der Waals surface area contributed by atoms with Crippen LogP contribution in [0.5, 0.6) is 0 Å². The molecule has 0 saturated carbocycles. The molecule has 1 aliphatic rings. The predicted octanol–water partition coefficient (Wildman–Crippen LogP) is -0.320. The molecular formula is C18H23FN5O+. The van der Waals surface area contributed by atoms with Gasteiger partial charge in [-0.2, -0.15) is 0 Å². The van der Waals surface area contributed by atoms with Gasteiger partial charge in [0.2, 0.25) is 5.95 Å². The molecule has 2 N–H and O–H groups in total. The highest BCUT2D eigenvalue weighted by Gasteiger charge is 2.23. The Morgan fingerprint density at radius 2 is 1.88 bits per heavy atom. The number of hydrogen-bond donors (Lipinski definition) is 2. The highest BCUT2D eigenvalue weighted by atomic mass is 19.1. The molecule has 0 atom stereocenters. The Labute approximate surface area is 146 Å². The number of anilines is 1. The van der Waals surface area contributed by atoms with Crippen LogP contribution >= 0.6 is 0 Å². The first-order valence-corrected chi connectivity index (χ1v) is 8.58. The van der Waals surface area contributed by atoms with Gasteiger partial charge < -0.3 is 15.1 Å². The number of nitrogens with zero attached hydrogens (tertiary/aromatic N) is 3. The first-order chi connectivity index (χ1) is 12.2. The quantitative estimate of drug-likeness (QED) is 0.754. The number of hydrogen-bond acceptors (Lipinski definition) is 4. The van der Waals surface area contributed by atoms with Crippen molar-refractivity contribution in [2.45, 2.75) is 6.42 Å². The molecule has 0 radical (unpaired) electrons. The summed E-state index contributed by atoms with van der Waals surface area (Å²) in [4.78, 5) is 24.0. The number of nitrogens with one attached hydrogen (secondary N) is 2. The molecule has 1 amide bonds. The summed E-state index contributed by atoms with van der Waals surface area (Å²) in [7, 11) is 0. The molecule has 0 aliphatic carbocycles. The van der Waals surface area contributed by atoms with Crippen LogP contribution in [0.3, 0.4) is 0 Å². The summed E-state index contributed by atoms with van der Waals surface area (Å²) in [5, 5.41) is 2.88. The molecule has 2 aromatic rings. The molecule has 0 unspecified atom stereocenters. The molecule has 1 fully saturated rings. The van der Waals surface area contributed by atoms with E-state index >= 15 is 0 Å². The van der Waals surface area contributed by atoms with Crippen LogP contribution in [0, 0.1) is 5.82 Å². The number of rotatable bonds is 6. The van der Waals surface area contributed by atoms with Gasteiger partial charge in [-0.05, 0) is 24.1 Å². The Morgan fingerprint density at radius 1 is 1.16 bits per heavy atom. The number of carbonyl (C=O) groups excluding carboxylic acids is 1. The van der Waals surface area contributed by atoms with Crippen LogP contribution in [-0.2, 0) is 11.2 Å². The van der Waals surface area contributed by atoms with Gasteiger partial charge in [0.05, 0.1) is 26.2 Å². The molecule has 25 heavy (non-hydrogen) atoms. The van der Waals surface area contributed by atoms with Crippen molar-refractivity contribution in [3.63, 3.8) is 0 Å². The van der Waals surface area contributed by atoms with Crippen LogP contribution in [0.2, 0.25) is 0 Å². The van der Waals surface area contributed by atoms with Gasteiger partial charge in [0.15, 0.2) is 6.54 Å². The van der Waals surface area contributed by atoms with E-state index in [0.29, 0.717) is 25.1 Å². The van der Waals surface area contributed by atoms with Crippen molar-refractivity contribution < 1.29 is 14.1 Å². The molecule has 1 aliphatic heterocycles. The van der Waals surface area contributed by atoms with Gasteiger partial charge in [-0.3, -0.25) is 4.79 Å². The Balaban J connectivity index is 1.37. The normalized spacial score (nSPS) is 15.2. The minimum absolute atomic E-state index is 0.00995. The first kappa shape index (κ1) is 17.3. The van der Waals surface area contributed by atoms with Crippen molar-refractivity contribution in [3.05, 3.63) is 54.1 Å². The van der Waals surface area contributed by atoms with Gasteiger partial charge >= 0.3 is 0 Å². The van der Waals surface area contributed by atoms with Crippen LogP contribution in [0.4, 0.5) is 10.3 Å². The third-order valence-electron chi connectivity index (χ3n) is 4.39. The summed E-state index contributed by atoms with van der Waals surface area (Å²) in [6.45, 7) is 4.32. The van der Waals surface area contributed by atoms with E-state index in [1.807, 2.05) is 0 Å². The average Bonchev–Trinajstić information content (AvgIpc) is 2.65. The van der Waals surface area contributed by atoms with Gasteiger partial charge in [-0.1, -0.05) is 18.2 Å². The monoisotopic (exact) mass is 344 g/mol. The number of carbonyl (C=O) groups is 1. The number of halogens is 1. The van der Waals surface area contributed by atoms with Crippen molar-refractivity contribution in [1.82, 2.24) is 15.3 Å². The van der Waals surface area contributed by atoms with E-state index in [2.05, 4.69) is 20.2 Å². The lowest BCUT2D eigenvalue weighted by atomic mass is 10.1. The molecular weight excluding hydrogens is 321 g/mol. The van der Waals surface area contributed by atoms with Crippen LogP contribution in [0.25, 0.3) is 0 Å². The molecule has 0 spiro atoms. The number of aromatic nitrogens is 2. The average molecular weight is 344 g/mol. The highest BCUT2D eigenvalue weighted by molar-refractivity contribution is 5.76. The van der Waals surface area contributed by atoms with Crippen LogP contribution in [0.15, 0.2) is 42.7 Å². The zero-order chi connectivity index (χ0) is 17.5. The van der Waals surface area contributed by atoms with E-state index in [0.717, 1.165) is 32.1 Å². The fourth-order valence-corrected chi connectivity index (χ4v) is 2.98. The molecule has 1 aromatic heterocycles. The molecule has 2 heterocycles. The lowest BCUT2D eigenvalue weighted by molar-refractivity contribution is -0.892. The molecule has 7 heteroatoms. The summed E-state index contributed by atoms with van der Waals surface area (Å²) in [6, 6.07) is 8.47. The Hall–Kier alpha value is -2.54. The standard InChI is InChI=1S/C18H22FN5O/c19-16-5-2-1-4-15(16)6-9-20-17(25)14-23-10-12-24(13-11-23)18-21-7-3-8-22-18/h1-5,7-8H,6,9-14H2,(H,20,25)/p+1. The third-order valence-corrected chi connectivity index (χ3v) is 4.39. The van der Waals surface area contributed by atoms with Gasteiger partial charge in [-0.15, -0.1) is 0 Å². The second-order valence-corrected chi connectivity index (χ2v) is 6.15. The summed E-state index contributed by atoms with van der Waals surface area (Å²) in [5.74, 6) is 0.535. The van der Waals surface area contributed by atoms with Crippen molar-refractivity contribution >= 4 is 11.9 Å². The smallest absolute Gasteiger partial charge is 0.275 e. The van der Waals surface area contributed by atoms with E-state index in [1.54, 1.807) is 36.7 Å². The lowest BCUT2D eigenvalue weighted by Gasteiger charge is -2.31. The van der Waals surface area contributed by atoms with Gasteiger partial charge in [0.1, 0.15) is 5.82 Å². The van der Waals surface area contributed by atoms with E-state index in [4.69, 9.17) is 0 Å². The SMILES string of the molecule is O=C(C[NH+]1CCN(c2ncccn2)CC1)NCCc1ccccc1F. The number of benzene rings is 1. The molecule has 1 saturated heterocycles. The van der Waals surface area contributed by atoms with Crippen LogP contribution < -0.4 is 15.1 Å². The first-order valence-electron chi connectivity index (χ1n) is 8.58. The Kier molecular flexibility index (Phi) is 5.90. The second-order valence-electron chi connectivity index (χ2n) is 6.15. The number of amides is 1. The van der Waals surface area contributed by atoms with Crippen LogP contribution in [0.1, 0.15) is 5.56 Å². The van der Waals surface area contributed by atoms with Gasteiger partial charge in [0.25, 0.3) is 5.91 Å². The van der Waals surface area contributed by atoms with Crippen molar-refractivity contribution in [1.29, 1.82) is 0 Å².